The van der Waals surface area contributed by atoms with E-state index in [-0.39, 0.29) is 5.54 Å². The maximum atomic E-state index is 6.50. The number of nitrogens with one attached hydrogen (secondary N) is 1. The van der Waals surface area contributed by atoms with Gasteiger partial charge in [0.2, 0.25) is 0 Å². The topological polar surface area (TPSA) is 15.3 Å². The standard InChI is InChI=1S/C17H24BrClN2/c1-11(2)16-9-20-17(3,12-4-5-12)10-21(16)15-8-13(18)6-7-14(15)19/h6-8,11-12,16,20H,4-5,9-10H2,1-3H3. The first kappa shape index (κ1) is 15.6. The molecule has 1 aromatic carbocycles. The third-order valence-electron chi connectivity index (χ3n) is 5.08. The molecule has 1 heterocycles. The molecule has 2 fully saturated rings. The average molecular weight is 372 g/mol. The summed E-state index contributed by atoms with van der Waals surface area (Å²) in [6.45, 7) is 9.04. The summed E-state index contributed by atoms with van der Waals surface area (Å²) in [6.07, 6.45) is 2.71. The zero-order valence-corrected chi connectivity index (χ0v) is 15.3. The van der Waals surface area contributed by atoms with Crippen molar-refractivity contribution in [1.82, 2.24) is 5.32 Å². The minimum absolute atomic E-state index is 0.219. The molecule has 21 heavy (non-hydrogen) atoms. The van der Waals surface area contributed by atoms with Crippen LogP contribution in [0.25, 0.3) is 0 Å². The second-order valence-electron chi connectivity index (χ2n) is 7.11. The van der Waals surface area contributed by atoms with Gasteiger partial charge in [-0.3, -0.25) is 0 Å². The van der Waals surface area contributed by atoms with Gasteiger partial charge in [0.1, 0.15) is 0 Å². The summed E-state index contributed by atoms with van der Waals surface area (Å²) >= 11 is 10.1. The van der Waals surface area contributed by atoms with Crippen LogP contribution in [0, 0.1) is 11.8 Å². The number of hydrogen-bond donors (Lipinski definition) is 1. The fraction of sp³-hybridized carbons (Fsp3) is 0.647. The Hall–Kier alpha value is -0.250. The Morgan fingerprint density at radius 3 is 2.71 bits per heavy atom. The van der Waals surface area contributed by atoms with E-state index in [0.717, 1.165) is 34.2 Å². The molecule has 0 spiro atoms. The molecule has 116 valence electrons. The number of halogens is 2. The van der Waals surface area contributed by atoms with Gasteiger partial charge in [0, 0.05) is 29.1 Å². The number of hydrogen-bond acceptors (Lipinski definition) is 2. The fourth-order valence-corrected chi connectivity index (χ4v) is 4.11. The Bertz CT molecular complexity index is 530. The van der Waals surface area contributed by atoms with Crippen LogP contribution in [0.1, 0.15) is 33.6 Å². The van der Waals surface area contributed by atoms with E-state index >= 15 is 0 Å². The van der Waals surface area contributed by atoms with Crippen molar-refractivity contribution in [2.24, 2.45) is 11.8 Å². The van der Waals surface area contributed by atoms with Gasteiger partial charge in [0.05, 0.1) is 10.7 Å². The van der Waals surface area contributed by atoms with Gasteiger partial charge in [-0.2, -0.15) is 0 Å². The van der Waals surface area contributed by atoms with Gasteiger partial charge in [-0.05, 0) is 49.8 Å². The van der Waals surface area contributed by atoms with Crippen LogP contribution in [0.4, 0.5) is 5.69 Å². The van der Waals surface area contributed by atoms with E-state index in [4.69, 9.17) is 11.6 Å². The van der Waals surface area contributed by atoms with E-state index in [1.165, 1.54) is 12.8 Å². The normalized spacial score (nSPS) is 30.0. The molecule has 1 N–H and O–H groups in total. The Labute approximate surface area is 141 Å². The lowest BCUT2D eigenvalue weighted by molar-refractivity contribution is 0.233. The summed E-state index contributed by atoms with van der Waals surface area (Å²) < 4.78 is 1.09. The zero-order chi connectivity index (χ0) is 15.2. The number of benzene rings is 1. The number of anilines is 1. The van der Waals surface area contributed by atoms with Crippen molar-refractivity contribution in [3.8, 4) is 0 Å². The maximum Gasteiger partial charge on any atom is 0.0640 e. The Morgan fingerprint density at radius 1 is 1.38 bits per heavy atom. The lowest BCUT2D eigenvalue weighted by atomic mass is 9.87. The highest BCUT2D eigenvalue weighted by Crippen LogP contribution is 2.43. The smallest absolute Gasteiger partial charge is 0.0640 e. The third kappa shape index (κ3) is 3.11. The summed E-state index contributed by atoms with van der Waals surface area (Å²) in [5.41, 5.74) is 1.38. The lowest BCUT2D eigenvalue weighted by Crippen LogP contribution is -2.65. The van der Waals surface area contributed by atoms with Crippen LogP contribution in [0.5, 0.6) is 0 Å². The van der Waals surface area contributed by atoms with Crippen LogP contribution in [-0.4, -0.2) is 24.7 Å². The molecular weight excluding hydrogens is 348 g/mol. The van der Waals surface area contributed by atoms with Gasteiger partial charge in [0.15, 0.2) is 0 Å². The molecule has 1 saturated carbocycles. The molecule has 4 heteroatoms. The fourth-order valence-electron chi connectivity index (χ4n) is 3.53. The first-order valence-corrected chi connectivity index (χ1v) is 9.04. The van der Waals surface area contributed by atoms with E-state index in [9.17, 15) is 0 Å². The molecule has 1 aliphatic heterocycles. The molecule has 2 aliphatic rings. The first-order valence-electron chi connectivity index (χ1n) is 7.87. The molecule has 0 aromatic heterocycles. The minimum atomic E-state index is 0.219. The lowest BCUT2D eigenvalue weighted by Gasteiger charge is -2.49. The SMILES string of the molecule is CC(C)C1CNC(C)(C2CC2)CN1c1cc(Br)ccc1Cl. The highest BCUT2D eigenvalue weighted by atomic mass is 79.9. The number of piperazine rings is 1. The second kappa shape index (κ2) is 5.75. The van der Waals surface area contributed by atoms with Crippen LogP contribution in [0.15, 0.2) is 22.7 Å². The molecule has 0 amide bonds. The summed E-state index contributed by atoms with van der Waals surface area (Å²) in [6, 6.07) is 6.66. The molecule has 1 saturated heterocycles. The summed E-state index contributed by atoms with van der Waals surface area (Å²) in [7, 11) is 0. The monoisotopic (exact) mass is 370 g/mol. The molecule has 0 radical (unpaired) electrons. The summed E-state index contributed by atoms with van der Waals surface area (Å²) in [4.78, 5) is 2.53. The Balaban J connectivity index is 1.95. The number of rotatable bonds is 3. The van der Waals surface area contributed by atoms with Crippen molar-refractivity contribution in [3.63, 3.8) is 0 Å². The highest BCUT2D eigenvalue weighted by Gasteiger charge is 2.46. The predicted molar refractivity (Wildman–Crippen MR) is 94.3 cm³/mol. The molecule has 2 unspecified atom stereocenters. The van der Waals surface area contributed by atoms with Crippen LogP contribution in [-0.2, 0) is 0 Å². The van der Waals surface area contributed by atoms with Crippen molar-refractivity contribution >= 4 is 33.2 Å². The average Bonchev–Trinajstić information content (AvgIpc) is 3.26. The van der Waals surface area contributed by atoms with E-state index in [1.54, 1.807) is 0 Å². The van der Waals surface area contributed by atoms with Gasteiger partial charge in [-0.15, -0.1) is 0 Å². The van der Waals surface area contributed by atoms with Crippen LogP contribution < -0.4 is 10.2 Å². The molecule has 3 rings (SSSR count). The Kier molecular flexibility index (Phi) is 4.28. The van der Waals surface area contributed by atoms with Crippen molar-refractivity contribution in [2.75, 3.05) is 18.0 Å². The first-order chi connectivity index (χ1) is 9.90. The molecule has 0 bridgehead atoms. The molecule has 2 atom stereocenters. The predicted octanol–water partition coefficient (Wildman–Crippen LogP) is 4.71. The molecule has 1 aliphatic carbocycles. The van der Waals surface area contributed by atoms with E-state index in [1.807, 2.05) is 12.1 Å². The van der Waals surface area contributed by atoms with Crippen molar-refractivity contribution < 1.29 is 0 Å². The van der Waals surface area contributed by atoms with E-state index in [2.05, 4.69) is 53.0 Å². The van der Waals surface area contributed by atoms with Crippen molar-refractivity contribution in [2.45, 2.75) is 45.2 Å². The second-order valence-corrected chi connectivity index (χ2v) is 8.43. The van der Waals surface area contributed by atoms with Gasteiger partial charge < -0.3 is 10.2 Å². The minimum Gasteiger partial charge on any atom is -0.364 e. The summed E-state index contributed by atoms with van der Waals surface area (Å²) in [5, 5.41) is 4.68. The van der Waals surface area contributed by atoms with Gasteiger partial charge >= 0.3 is 0 Å². The third-order valence-corrected chi connectivity index (χ3v) is 5.89. The van der Waals surface area contributed by atoms with Crippen LogP contribution in [0.2, 0.25) is 5.02 Å². The quantitative estimate of drug-likeness (QED) is 0.828. The molecular formula is C17H24BrClN2. The Morgan fingerprint density at radius 2 is 2.10 bits per heavy atom. The summed E-state index contributed by atoms with van der Waals surface area (Å²) in [5.74, 6) is 1.41. The van der Waals surface area contributed by atoms with Crippen LogP contribution >= 0.6 is 27.5 Å². The van der Waals surface area contributed by atoms with Gasteiger partial charge in [-0.25, -0.2) is 0 Å². The zero-order valence-electron chi connectivity index (χ0n) is 13.0. The van der Waals surface area contributed by atoms with Crippen molar-refractivity contribution in [1.29, 1.82) is 0 Å². The largest absolute Gasteiger partial charge is 0.364 e. The van der Waals surface area contributed by atoms with Crippen molar-refractivity contribution in [3.05, 3.63) is 27.7 Å². The highest BCUT2D eigenvalue weighted by molar-refractivity contribution is 9.10. The maximum absolute atomic E-state index is 6.50. The van der Waals surface area contributed by atoms with Gasteiger partial charge in [-0.1, -0.05) is 41.4 Å². The van der Waals surface area contributed by atoms with E-state index in [0.29, 0.717) is 12.0 Å². The van der Waals surface area contributed by atoms with Crippen LogP contribution in [0.3, 0.4) is 0 Å². The van der Waals surface area contributed by atoms with E-state index < -0.39 is 0 Å². The molecule has 2 nitrogen and oxygen atoms in total. The molecule has 1 aromatic rings. The number of nitrogens with zero attached hydrogens (tertiary/aromatic N) is 1. The van der Waals surface area contributed by atoms with Gasteiger partial charge in [0.25, 0.3) is 0 Å².